The van der Waals surface area contributed by atoms with Crippen molar-refractivity contribution >= 4 is 22.4 Å². The van der Waals surface area contributed by atoms with Gasteiger partial charge in [0.2, 0.25) is 0 Å². The van der Waals surface area contributed by atoms with E-state index in [2.05, 4.69) is 16.6 Å². The van der Waals surface area contributed by atoms with Gasteiger partial charge in [0.1, 0.15) is 0 Å². The molecule has 0 aliphatic rings. The Labute approximate surface area is 106 Å². The molecule has 0 spiro atoms. The molecule has 0 amide bonds. The number of ether oxygens (including phenoxy) is 2. The molecule has 0 radical (unpaired) electrons. The molecule has 0 aromatic carbocycles. The van der Waals surface area contributed by atoms with Crippen LogP contribution in [0.5, 0.6) is 5.75 Å². The highest BCUT2D eigenvalue weighted by Gasteiger charge is 2.10. The summed E-state index contributed by atoms with van der Waals surface area (Å²) in [5.74, 6) is 1.08. The lowest BCUT2D eigenvalue weighted by molar-refractivity contribution is 0.131. The topological polar surface area (TPSA) is 69.4 Å². The average Bonchev–Trinajstić information content (AvgIpc) is 2.69. The summed E-state index contributed by atoms with van der Waals surface area (Å²) in [6.07, 6.45) is 3.27. The molecular formula is C11H21N3O2S. The molecule has 0 saturated carbocycles. The fourth-order valence-corrected chi connectivity index (χ4v) is 2.04. The van der Waals surface area contributed by atoms with Crippen molar-refractivity contribution in [1.82, 2.24) is 4.37 Å². The Kier molecular flexibility index (Phi) is 6.73. The van der Waals surface area contributed by atoms with E-state index in [-0.39, 0.29) is 0 Å². The highest BCUT2D eigenvalue weighted by molar-refractivity contribution is 7.11. The molecule has 0 bridgehead atoms. The van der Waals surface area contributed by atoms with Crippen LogP contribution in [0.1, 0.15) is 26.2 Å². The zero-order valence-electron chi connectivity index (χ0n) is 10.5. The minimum atomic E-state index is 0.444. The predicted octanol–water partition coefficient (Wildman–Crippen LogP) is 2.35. The summed E-state index contributed by atoms with van der Waals surface area (Å²) >= 11 is 1.32. The first-order chi connectivity index (χ1) is 8.29. The van der Waals surface area contributed by atoms with E-state index in [1.54, 1.807) is 7.11 Å². The number of anilines is 2. The van der Waals surface area contributed by atoms with Gasteiger partial charge in [-0.25, -0.2) is 0 Å². The molecule has 17 heavy (non-hydrogen) atoms. The zero-order valence-corrected chi connectivity index (χ0v) is 11.3. The van der Waals surface area contributed by atoms with E-state index in [4.69, 9.17) is 15.2 Å². The Balaban J connectivity index is 2.13. The molecule has 5 nitrogen and oxygen atoms in total. The van der Waals surface area contributed by atoms with E-state index >= 15 is 0 Å². The van der Waals surface area contributed by atoms with Crippen molar-refractivity contribution in [3.8, 4) is 5.75 Å². The summed E-state index contributed by atoms with van der Waals surface area (Å²) < 4.78 is 14.6. The van der Waals surface area contributed by atoms with Crippen molar-refractivity contribution in [2.24, 2.45) is 0 Å². The highest BCUT2D eigenvalue weighted by Crippen LogP contribution is 2.34. The number of nitrogens with one attached hydrogen (secondary N) is 1. The quantitative estimate of drug-likeness (QED) is 0.666. The Morgan fingerprint density at radius 2 is 2.12 bits per heavy atom. The maximum Gasteiger partial charge on any atom is 0.197 e. The second kappa shape index (κ2) is 8.14. The SMILES string of the molecule is CCCCOCCCNc1snc(N)c1OC. The molecule has 3 N–H and O–H groups in total. The van der Waals surface area contributed by atoms with E-state index < -0.39 is 0 Å². The molecule has 0 saturated heterocycles. The summed E-state index contributed by atoms with van der Waals surface area (Å²) in [5.41, 5.74) is 5.65. The largest absolute Gasteiger partial charge is 0.490 e. The first-order valence-corrected chi connectivity index (χ1v) is 6.67. The molecule has 1 rings (SSSR count). The number of nitrogen functional groups attached to an aromatic ring is 1. The van der Waals surface area contributed by atoms with Gasteiger partial charge in [-0.1, -0.05) is 13.3 Å². The second-order valence-electron chi connectivity index (χ2n) is 3.68. The zero-order chi connectivity index (χ0) is 12.5. The van der Waals surface area contributed by atoms with Gasteiger partial charge in [0, 0.05) is 19.8 Å². The normalized spacial score (nSPS) is 10.5. The molecule has 0 fully saturated rings. The van der Waals surface area contributed by atoms with Crippen LogP contribution in [0.4, 0.5) is 10.8 Å². The first kappa shape index (κ1) is 14.1. The van der Waals surface area contributed by atoms with Crippen molar-refractivity contribution in [2.45, 2.75) is 26.2 Å². The first-order valence-electron chi connectivity index (χ1n) is 5.90. The Morgan fingerprint density at radius 1 is 1.35 bits per heavy atom. The van der Waals surface area contributed by atoms with Crippen molar-refractivity contribution in [3.63, 3.8) is 0 Å². The van der Waals surface area contributed by atoms with Crippen molar-refractivity contribution in [2.75, 3.05) is 37.9 Å². The van der Waals surface area contributed by atoms with Gasteiger partial charge in [0.05, 0.1) is 7.11 Å². The number of methoxy groups -OCH3 is 1. The van der Waals surface area contributed by atoms with Gasteiger partial charge in [-0.3, -0.25) is 0 Å². The van der Waals surface area contributed by atoms with Crippen LogP contribution in [0.25, 0.3) is 0 Å². The minimum Gasteiger partial charge on any atom is -0.490 e. The maximum absolute atomic E-state index is 5.65. The molecule has 98 valence electrons. The summed E-state index contributed by atoms with van der Waals surface area (Å²) in [6.45, 7) is 4.63. The lowest BCUT2D eigenvalue weighted by Gasteiger charge is -2.06. The lowest BCUT2D eigenvalue weighted by Crippen LogP contribution is -2.06. The molecule has 0 aliphatic heterocycles. The predicted molar refractivity (Wildman–Crippen MR) is 71.9 cm³/mol. The number of rotatable bonds is 9. The molecule has 1 heterocycles. The summed E-state index contributed by atoms with van der Waals surface area (Å²) in [7, 11) is 1.60. The van der Waals surface area contributed by atoms with Crippen molar-refractivity contribution in [1.29, 1.82) is 0 Å². The van der Waals surface area contributed by atoms with E-state index in [1.165, 1.54) is 18.0 Å². The van der Waals surface area contributed by atoms with E-state index in [0.29, 0.717) is 11.6 Å². The van der Waals surface area contributed by atoms with E-state index in [9.17, 15) is 0 Å². The van der Waals surface area contributed by atoms with Gasteiger partial charge in [-0.2, -0.15) is 4.37 Å². The summed E-state index contributed by atoms with van der Waals surface area (Å²) in [6, 6.07) is 0. The summed E-state index contributed by atoms with van der Waals surface area (Å²) in [4.78, 5) is 0. The van der Waals surface area contributed by atoms with Crippen molar-refractivity contribution in [3.05, 3.63) is 0 Å². The Morgan fingerprint density at radius 3 is 2.82 bits per heavy atom. The fourth-order valence-electron chi connectivity index (χ4n) is 1.33. The highest BCUT2D eigenvalue weighted by atomic mass is 32.1. The molecule has 6 heteroatoms. The number of nitrogens with two attached hydrogens (primary N) is 1. The third-order valence-corrected chi connectivity index (χ3v) is 3.07. The van der Waals surface area contributed by atoms with Crippen LogP contribution >= 0.6 is 11.5 Å². The van der Waals surface area contributed by atoms with Gasteiger partial charge in [0.15, 0.2) is 16.6 Å². The van der Waals surface area contributed by atoms with Gasteiger partial charge in [-0.05, 0) is 24.4 Å². The molecule has 0 unspecified atom stereocenters. The standard InChI is InChI=1S/C11H21N3O2S/c1-3-4-7-16-8-5-6-13-11-9(15-2)10(12)14-17-11/h13H,3-8H2,1-2H3,(H2,12,14). The number of nitrogens with zero attached hydrogens (tertiary/aromatic N) is 1. The molecule has 1 aromatic rings. The Bertz CT molecular complexity index is 318. The molecular weight excluding hydrogens is 238 g/mol. The number of hydrogen-bond acceptors (Lipinski definition) is 6. The van der Waals surface area contributed by atoms with E-state index in [1.807, 2.05) is 0 Å². The van der Waals surface area contributed by atoms with Gasteiger partial charge < -0.3 is 20.5 Å². The Hall–Kier alpha value is -1.01. The average molecular weight is 259 g/mol. The van der Waals surface area contributed by atoms with Crippen molar-refractivity contribution < 1.29 is 9.47 Å². The van der Waals surface area contributed by atoms with Crippen LogP contribution in [0.2, 0.25) is 0 Å². The summed E-state index contributed by atoms with van der Waals surface area (Å²) in [5, 5.41) is 4.13. The third-order valence-electron chi connectivity index (χ3n) is 2.27. The fraction of sp³-hybridized carbons (Fsp3) is 0.727. The number of aromatic nitrogens is 1. The van der Waals surface area contributed by atoms with Gasteiger partial charge in [-0.15, -0.1) is 0 Å². The lowest BCUT2D eigenvalue weighted by atomic mass is 10.4. The molecule has 0 aliphatic carbocycles. The second-order valence-corrected chi connectivity index (χ2v) is 4.45. The van der Waals surface area contributed by atoms with Crippen LogP contribution in [0.15, 0.2) is 0 Å². The van der Waals surface area contributed by atoms with Crippen LogP contribution in [0.3, 0.4) is 0 Å². The third kappa shape index (κ3) is 4.79. The van der Waals surface area contributed by atoms with Crippen LogP contribution < -0.4 is 15.8 Å². The van der Waals surface area contributed by atoms with Gasteiger partial charge in [0.25, 0.3) is 0 Å². The molecule has 1 aromatic heterocycles. The maximum atomic E-state index is 5.65. The van der Waals surface area contributed by atoms with Crippen LogP contribution in [-0.2, 0) is 4.74 Å². The number of hydrogen-bond donors (Lipinski definition) is 2. The van der Waals surface area contributed by atoms with Crippen LogP contribution in [0, 0.1) is 0 Å². The minimum absolute atomic E-state index is 0.444. The monoisotopic (exact) mass is 259 g/mol. The van der Waals surface area contributed by atoms with Crippen LogP contribution in [-0.4, -0.2) is 31.2 Å². The van der Waals surface area contributed by atoms with Gasteiger partial charge >= 0.3 is 0 Å². The molecule has 0 atom stereocenters. The number of unbranched alkanes of at least 4 members (excludes halogenated alkanes) is 1. The smallest absolute Gasteiger partial charge is 0.197 e. The van der Waals surface area contributed by atoms with E-state index in [0.717, 1.165) is 37.6 Å².